The van der Waals surface area contributed by atoms with Crippen LogP contribution >= 0.6 is 22.6 Å². The summed E-state index contributed by atoms with van der Waals surface area (Å²) in [6.07, 6.45) is 3.83. The molecule has 0 aliphatic carbocycles. The van der Waals surface area contributed by atoms with Gasteiger partial charge < -0.3 is 10.1 Å². The topological polar surface area (TPSA) is 38.3 Å². The summed E-state index contributed by atoms with van der Waals surface area (Å²) >= 11 is 2.63. The second kappa shape index (κ2) is 11.5. The molecule has 0 saturated heterocycles. The molecule has 0 aliphatic rings. The van der Waals surface area contributed by atoms with Gasteiger partial charge in [0.1, 0.15) is 0 Å². The van der Waals surface area contributed by atoms with Crippen LogP contribution in [0.1, 0.15) is 130 Å². The minimum Gasteiger partial charge on any atom is -0.375 e. The number of hydrogen-bond acceptors (Lipinski definition) is 2. The number of amides is 1. The average molecular weight is 580 g/mol. The summed E-state index contributed by atoms with van der Waals surface area (Å²) in [6.45, 7) is 34.1. The Morgan fingerprint density at radius 3 is 1.70 bits per heavy atom. The van der Waals surface area contributed by atoms with E-state index < -0.39 is 5.41 Å². The first-order valence-electron chi connectivity index (χ1n) is 13.0. The summed E-state index contributed by atoms with van der Waals surface area (Å²) < 4.78 is 6.68. The predicted molar refractivity (Wildman–Crippen MR) is 154 cm³/mol. The first-order chi connectivity index (χ1) is 14.3. The first kappa shape index (κ1) is 33.2. The van der Waals surface area contributed by atoms with Crippen molar-refractivity contribution >= 4 is 28.5 Å². The van der Waals surface area contributed by atoms with Crippen molar-refractivity contribution in [3.63, 3.8) is 0 Å². The maximum absolute atomic E-state index is 13.2. The van der Waals surface area contributed by atoms with Crippen molar-refractivity contribution in [1.82, 2.24) is 5.32 Å². The van der Waals surface area contributed by atoms with Crippen LogP contribution < -0.4 is 5.32 Å². The summed E-state index contributed by atoms with van der Waals surface area (Å²) in [6, 6.07) is 0. The van der Waals surface area contributed by atoms with E-state index in [0.29, 0.717) is 18.4 Å². The summed E-state index contributed by atoms with van der Waals surface area (Å²) in [4.78, 5) is 13.2. The number of alkyl halides is 1. The van der Waals surface area contributed by atoms with Gasteiger partial charge in [-0.15, -0.1) is 0 Å². The molecule has 0 aromatic heterocycles. The molecule has 0 spiro atoms. The van der Waals surface area contributed by atoms with E-state index >= 15 is 0 Å². The summed E-state index contributed by atoms with van der Waals surface area (Å²) in [7, 11) is 0. The average Bonchev–Trinajstić information content (AvgIpc) is 2.49. The third-order valence-electron chi connectivity index (χ3n) is 7.68. The van der Waals surface area contributed by atoms with Gasteiger partial charge in [-0.05, 0) is 76.0 Å². The highest BCUT2D eigenvalue weighted by Gasteiger charge is 2.39. The molecular weight excluding hydrogens is 521 g/mol. The van der Waals surface area contributed by atoms with Gasteiger partial charge in [-0.1, -0.05) is 98.8 Å². The van der Waals surface area contributed by atoms with Crippen molar-refractivity contribution in [2.75, 3.05) is 6.61 Å². The van der Waals surface area contributed by atoms with E-state index in [2.05, 4.69) is 132 Å². The van der Waals surface area contributed by atoms with Crippen LogP contribution in [0.25, 0.3) is 0 Å². The van der Waals surface area contributed by atoms with Crippen molar-refractivity contribution in [3.05, 3.63) is 0 Å². The maximum Gasteiger partial charge on any atom is 0.226 e. The Bertz CT molecular complexity index is 628. The molecule has 1 atom stereocenters. The normalized spacial score (nSPS) is 16.3. The van der Waals surface area contributed by atoms with Gasteiger partial charge in [0, 0.05) is 21.0 Å². The molecule has 0 fully saturated rings. The second-order valence-electron chi connectivity index (χ2n) is 14.9. The first-order valence-corrected chi connectivity index (χ1v) is 14.1. The Labute approximate surface area is 221 Å². The fraction of sp³-hybridized carbons (Fsp3) is 0.966. The molecule has 1 N–H and O–H groups in total. The minimum atomic E-state index is -0.405. The van der Waals surface area contributed by atoms with E-state index in [0.717, 1.165) is 25.7 Å². The van der Waals surface area contributed by atoms with Crippen molar-refractivity contribution in [2.24, 2.45) is 28.1 Å². The summed E-state index contributed by atoms with van der Waals surface area (Å²) in [5.74, 6) is 1.31. The fourth-order valence-electron chi connectivity index (χ4n) is 4.95. The minimum absolute atomic E-state index is 0.120. The van der Waals surface area contributed by atoms with Gasteiger partial charge in [0.25, 0.3) is 0 Å². The Kier molecular flexibility index (Phi) is 11.5. The van der Waals surface area contributed by atoms with Crippen LogP contribution in [-0.4, -0.2) is 27.1 Å². The molecule has 33 heavy (non-hydrogen) atoms. The van der Waals surface area contributed by atoms with Crippen LogP contribution in [0.3, 0.4) is 0 Å². The molecule has 0 rings (SSSR count). The van der Waals surface area contributed by atoms with Crippen LogP contribution in [0.5, 0.6) is 0 Å². The highest BCUT2D eigenvalue weighted by molar-refractivity contribution is 14.1. The van der Waals surface area contributed by atoms with Crippen LogP contribution in [0.15, 0.2) is 0 Å². The molecule has 1 amide bonds. The number of carbonyl (C=O) groups is 1. The van der Waals surface area contributed by atoms with E-state index in [9.17, 15) is 4.79 Å². The lowest BCUT2D eigenvalue weighted by atomic mass is 9.69. The fourth-order valence-corrected chi connectivity index (χ4v) is 5.98. The van der Waals surface area contributed by atoms with E-state index in [-0.39, 0.29) is 31.3 Å². The number of halogens is 1. The Hall–Kier alpha value is 0.160. The Morgan fingerprint density at radius 2 is 1.27 bits per heavy atom. The standard InChI is InChI=1S/C29H58INO2/c1-21(2)25(7,8)20-26(9,10)23(32)31-27(11,12)16-17-33-28(13,14)18-24(5,6)19-29(15,30)22(3)4/h21-22H,16-20H2,1-15H3,(H,31,32). The molecule has 0 saturated carbocycles. The Balaban J connectivity index is 4.92. The highest BCUT2D eigenvalue weighted by atomic mass is 127. The van der Waals surface area contributed by atoms with Gasteiger partial charge in [0.05, 0.1) is 5.60 Å². The second-order valence-corrected chi connectivity index (χ2v) is 17.3. The molecule has 4 heteroatoms. The highest BCUT2D eigenvalue weighted by Crippen LogP contribution is 2.44. The largest absolute Gasteiger partial charge is 0.375 e. The lowest BCUT2D eigenvalue weighted by Crippen LogP contribution is -2.50. The Morgan fingerprint density at radius 1 is 0.788 bits per heavy atom. The number of ether oxygens (including phenoxy) is 1. The molecule has 3 nitrogen and oxygen atoms in total. The van der Waals surface area contributed by atoms with E-state index in [1.807, 2.05) is 0 Å². The van der Waals surface area contributed by atoms with E-state index in [1.165, 1.54) is 0 Å². The number of carbonyl (C=O) groups excluding carboxylic acids is 1. The zero-order chi connectivity index (χ0) is 26.7. The quantitative estimate of drug-likeness (QED) is 0.165. The maximum atomic E-state index is 13.2. The lowest BCUT2D eigenvalue weighted by Gasteiger charge is -2.41. The molecule has 0 heterocycles. The van der Waals surface area contributed by atoms with Crippen molar-refractivity contribution in [1.29, 1.82) is 0 Å². The van der Waals surface area contributed by atoms with E-state index in [1.54, 1.807) is 0 Å². The third-order valence-corrected chi connectivity index (χ3v) is 9.31. The van der Waals surface area contributed by atoms with Gasteiger partial charge in [0.2, 0.25) is 5.91 Å². The van der Waals surface area contributed by atoms with Gasteiger partial charge >= 0.3 is 0 Å². The lowest BCUT2D eigenvalue weighted by molar-refractivity contribution is -0.133. The number of hydrogen-bond donors (Lipinski definition) is 1. The summed E-state index contributed by atoms with van der Waals surface area (Å²) in [5, 5.41) is 3.32. The molecule has 0 bridgehead atoms. The zero-order valence-electron chi connectivity index (χ0n) is 24.9. The zero-order valence-corrected chi connectivity index (χ0v) is 27.0. The van der Waals surface area contributed by atoms with Crippen LogP contribution in [0, 0.1) is 28.1 Å². The molecule has 1 unspecified atom stereocenters. The van der Waals surface area contributed by atoms with Gasteiger partial charge in [-0.2, -0.15) is 0 Å². The monoisotopic (exact) mass is 579 g/mol. The van der Waals surface area contributed by atoms with Gasteiger partial charge in [-0.25, -0.2) is 0 Å². The number of rotatable bonds is 14. The van der Waals surface area contributed by atoms with Gasteiger partial charge in [0.15, 0.2) is 0 Å². The van der Waals surface area contributed by atoms with Crippen LogP contribution in [-0.2, 0) is 9.53 Å². The third kappa shape index (κ3) is 12.1. The van der Waals surface area contributed by atoms with Crippen molar-refractivity contribution < 1.29 is 9.53 Å². The van der Waals surface area contributed by atoms with Crippen LogP contribution in [0.2, 0.25) is 0 Å². The smallest absolute Gasteiger partial charge is 0.226 e. The molecule has 0 aromatic carbocycles. The molecule has 0 radical (unpaired) electrons. The molecule has 0 aliphatic heterocycles. The SMILES string of the molecule is CC(C)C(C)(C)CC(C)(C)C(=O)NC(C)(C)CCOC(C)(C)CC(C)(C)CC(C)(I)C(C)C. The predicted octanol–water partition coefficient (Wildman–Crippen LogP) is 8.82. The van der Waals surface area contributed by atoms with Crippen LogP contribution in [0.4, 0.5) is 0 Å². The van der Waals surface area contributed by atoms with Crippen molar-refractivity contribution in [2.45, 2.75) is 144 Å². The molecular formula is C29H58INO2. The van der Waals surface area contributed by atoms with Gasteiger partial charge in [-0.3, -0.25) is 4.79 Å². The molecule has 198 valence electrons. The van der Waals surface area contributed by atoms with E-state index in [4.69, 9.17) is 4.74 Å². The number of nitrogens with one attached hydrogen (secondary N) is 1. The van der Waals surface area contributed by atoms with Crippen molar-refractivity contribution in [3.8, 4) is 0 Å². The summed E-state index contributed by atoms with van der Waals surface area (Å²) in [5.41, 5.74) is -0.596. The molecule has 0 aromatic rings.